The molecule has 106 valence electrons. The van der Waals surface area contributed by atoms with E-state index in [1.807, 2.05) is 0 Å². The van der Waals surface area contributed by atoms with Crippen molar-refractivity contribution in [2.45, 2.75) is 31.5 Å². The highest BCUT2D eigenvalue weighted by atomic mass is 19.3. The monoisotopic (exact) mass is 274 g/mol. The van der Waals surface area contributed by atoms with Crippen LogP contribution < -0.4 is 5.73 Å². The number of carbonyl (C=O) groups excluding carboxylic acids is 1. The first kappa shape index (κ1) is 13.9. The molecular weight excluding hydrogens is 258 g/mol. The average molecular weight is 274 g/mol. The number of carbonyl (C=O) groups is 1. The minimum atomic E-state index is -2.66. The van der Waals surface area contributed by atoms with E-state index in [0.29, 0.717) is 19.4 Å². The molecule has 1 aliphatic heterocycles. The van der Waals surface area contributed by atoms with Gasteiger partial charge in [0.15, 0.2) is 5.60 Å². The van der Waals surface area contributed by atoms with Crippen LogP contribution in [0.4, 0.5) is 8.78 Å². The SMILES string of the molecule is NC(=O)[C@]1(O)CCCN(Cc2nccn2C(F)F)C1. The molecule has 1 aliphatic rings. The minimum Gasteiger partial charge on any atom is -0.379 e. The Hall–Kier alpha value is -1.54. The lowest BCUT2D eigenvalue weighted by Crippen LogP contribution is -2.55. The summed E-state index contributed by atoms with van der Waals surface area (Å²) in [4.78, 5) is 16.8. The largest absolute Gasteiger partial charge is 0.379 e. The van der Waals surface area contributed by atoms with Gasteiger partial charge in [-0.3, -0.25) is 14.3 Å². The van der Waals surface area contributed by atoms with Gasteiger partial charge in [0.2, 0.25) is 0 Å². The molecule has 8 heteroatoms. The number of likely N-dealkylation sites (tertiary alicyclic amines) is 1. The van der Waals surface area contributed by atoms with Gasteiger partial charge in [0.25, 0.3) is 5.91 Å². The Balaban J connectivity index is 2.07. The summed E-state index contributed by atoms with van der Waals surface area (Å²) in [6.45, 7) is -1.87. The van der Waals surface area contributed by atoms with E-state index in [9.17, 15) is 18.7 Å². The van der Waals surface area contributed by atoms with Gasteiger partial charge in [0, 0.05) is 18.9 Å². The summed E-state index contributed by atoms with van der Waals surface area (Å²) >= 11 is 0. The highest BCUT2D eigenvalue weighted by Gasteiger charge is 2.38. The zero-order valence-electron chi connectivity index (χ0n) is 10.3. The summed E-state index contributed by atoms with van der Waals surface area (Å²) in [7, 11) is 0. The number of nitrogens with zero attached hydrogens (tertiary/aromatic N) is 3. The Bertz CT molecular complexity index is 465. The summed E-state index contributed by atoms with van der Waals surface area (Å²) in [5.41, 5.74) is 3.58. The van der Waals surface area contributed by atoms with Gasteiger partial charge < -0.3 is 10.8 Å². The molecule has 0 saturated carbocycles. The fourth-order valence-electron chi connectivity index (χ4n) is 2.30. The zero-order valence-corrected chi connectivity index (χ0v) is 10.3. The van der Waals surface area contributed by atoms with Crippen molar-refractivity contribution in [2.75, 3.05) is 13.1 Å². The third kappa shape index (κ3) is 2.90. The molecule has 0 radical (unpaired) electrons. The van der Waals surface area contributed by atoms with Crippen molar-refractivity contribution in [1.29, 1.82) is 0 Å². The Labute approximate surface area is 108 Å². The first-order valence-electron chi connectivity index (χ1n) is 5.97. The summed E-state index contributed by atoms with van der Waals surface area (Å²) < 4.78 is 26.1. The number of primary amides is 1. The second kappa shape index (κ2) is 5.22. The Morgan fingerprint density at radius 3 is 3.00 bits per heavy atom. The fraction of sp³-hybridized carbons (Fsp3) is 0.636. The van der Waals surface area contributed by atoms with Gasteiger partial charge in [-0.25, -0.2) is 4.98 Å². The summed E-state index contributed by atoms with van der Waals surface area (Å²) in [6.07, 6.45) is 3.37. The number of aromatic nitrogens is 2. The molecule has 1 fully saturated rings. The number of nitrogens with two attached hydrogens (primary N) is 1. The number of rotatable bonds is 4. The van der Waals surface area contributed by atoms with Gasteiger partial charge in [-0.05, 0) is 19.4 Å². The number of amides is 1. The van der Waals surface area contributed by atoms with Crippen LogP contribution in [0.2, 0.25) is 0 Å². The second-order valence-electron chi connectivity index (χ2n) is 4.74. The molecule has 0 unspecified atom stereocenters. The molecular formula is C11H16F2N4O2. The van der Waals surface area contributed by atoms with Crippen LogP contribution in [0.25, 0.3) is 0 Å². The molecule has 1 saturated heterocycles. The topological polar surface area (TPSA) is 84.4 Å². The molecule has 2 rings (SSSR count). The molecule has 2 heterocycles. The molecule has 6 nitrogen and oxygen atoms in total. The normalized spacial score (nSPS) is 24.8. The Morgan fingerprint density at radius 1 is 1.63 bits per heavy atom. The van der Waals surface area contributed by atoms with Gasteiger partial charge in [0.05, 0.1) is 6.54 Å². The van der Waals surface area contributed by atoms with Crippen molar-refractivity contribution in [2.24, 2.45) is 5.73 Å². The van der Waals surface area contributed by atoms with E-state index in [0.717, 1.165) is 4.57 Å². The average Bonchev–Trinajstić information content (AvgIpc) is 2.77. The predicted molar refractivity (Wildman–Crippen MR) is 62.1 cm³/mol. The van der Waals surface area contributed by atoms with Crippen LogP contribution in [0.15, 0.2) is 12.4 Å². The third-order valence-corrected chi connectivity index (χ3v) is 3.33. The smallest absolute Gasteiger partial charge is 0.319 e. The van der Waals surface area contributed by atoms with Crippen LogP contribution >= 0.6 is 0 Å². The predicted octanol–water partition coefficient (Wildman–Crippen LogP) is 0.0904. The van der Waals surface area contributed by atoms with Gasteiger partial charge >= 0.3 is 6.55 Å². The van der Waals surface area contributed by atoms with Crippen molar-refractivity contribution < 1.29 is 18.7 Å². The molecule has 0 aliphatic carbocycles. The molecule has 19 heavy (non-hydrogen) atoms. The number of halogens is 2. The number of imidazole rings is 1. The molecule has 0 aromatic carbocycles. The molecule has 0 bridgehead atoms. The maximum Gasteiger partial charge on any atom is 0.319 e. The second-order valence-corrected chi connectivity index (χ2v) is 4.74. The minimum absolute atomic E-state index is 0.0401. The van der Waals surface area contributed by atoms with E-state index in [1.165, 1.54) is 12.4 Å². The lowest BCUT2D eigenvalue weighted by molar-refractivity contribution is -0.142. The summed E-state index contributed by atoms with van der Waals surface area (Å²) in [5.74, 6) is -0.585. The van der Waals surface area contributed by atoms with Gasteiger partial charge in [-0.1, -0.05) is 0 Å². The third-order valence-electron chi connectivity index (χ3n) is 3.33. The van der Waals surface area contributed by atoms with Crippen LogP contribution in [0.3, 0.4) is 0 Å². The van der Waals surface area contributed by atoms with Crippen LogP contribution in [-0.2, 0) is 11.3 Å². The number of hydrogen-bond acceptors (Lipinski definition) is 4. The standard InChI is InChI=1S/C11H16F2N4O2/c12-10(13)17-5-3-15-8(17)6-16-4-1-2-11(19,7-16)9(14)18/h3,5,10,19H,1-2,4,6-7H2,(H2,14,18)/t11-/m0/s1. The van der Waals surface area contributed by atoms with Crippen LogP contribution in [0.5, 0.6) is 0 Å². The lowest BCUT2D eigenvalue weighted by atomic mass is 9.92. The molecule has 1 aromatic rings. The number of piperidine rings is 1. The summed E-state index contributed by atoms with van der Waals surface area (Å²) in [6, 6.07) is 0. The molecule has 1 atom stereocenters. The van der Waals surface area contributed by atoms with Gasteiger partial charge in [0.1, 0.15) is 5.82 Å². The van der Waals surface area contributed by atoms with E-state index >= 15 is 0 Å². The van der Waals surface area contributed by atoms with Gasteiger partial charge in [-0.2, -0.15) is 8.78 Å². The number of alkyl halides is 2. The maximum absolute atomic E-state index is 12.7. The highest BCUT2D eigenvalue weighted by Crippen LogP contribution is 2.23. The Morgan fingerprint density at radius 2 is 2.37 bits per heavy atom. The molecule has 1 amide bonds. The van der Waals surface area contributed by atoms with E-state index in [2.05, 4.69) is 4.98 Å². The summed E-state index contributed by atoms with van der Waals surface area (Å²) in [5, 5.41) is 10.0. The molecule has 1 aromatic heterocycles. The molecule has 3 N–H and O–H groups in total. The number of aliphatic hydroxyl groups is 1. The van der Waals surface area contributed by atoms with Gasteiger partial charge in [-0.15, -0.1) is 0 Å². The highest BCUT2D eigenvalue weighted by molar-refractivity contribution is 5.83. The van der Waals surface area contributed by atoms with Crippen molar-refractivity contribution >= 4 is 5.91 Å². The van der Waals surface area contributed by atoms with Crippen molar-refractivity contribution in [3.63, 3.8) is 0 Å². The first-order chi connectivity index (χ1) is 8.92. The van der Waals surface area contributed by atoms with Crippen molar-refractivity contribution in [3.05, 3.63) is 18.2 Å². The lowest BCUT2D eigenvalue weighted by Gasteiger charge is -2.36. The quantitative estimate of drug-likeness (QED) is 0.815. The van der Waals surface area contributed by atoms with E-state index in [-0.39, 0.29) is 18.9 Å². The fourth-order valence-corrected chi connectivity index (χ4v) is 2.30. The van der Waals surface area contributed by atoms with Crippen LogP contribution in [-0.4, -0.2) is 44.2 Å². The number of hydrogen-bond donors (Lipinski definition) is 2. The Kier molecular flexibility index (Phi) is 3.81. The van der Waals surface area contributed by atoms with Crippen LogP contribution in [0.1, 0.15) is 25.2 Å². The van der Waals surface area contributed by atoms with Crippen molar-refractivity contribution in [3.8, 4) is 0 Å². The van der Waals surface area contributed by atoms with E-state index < -0.39 is 18.1 Å². The maximum atomic E-state index is 12.7. The van der Waals surface area contributed by atoms with E-state index in [1.54, 1.807) is 4.90 Å². The zero-order chi connectivity index (χ0) is 14.0. The van der Waals surface area contributed by atoms with Crippen LogP contribution in [0, 0.1) is 0 Å². The van der Waals surface area contributed by atoms with Crippen molar-refractivity contribution in [1.82, 2.24) is 14.5 Å². The first-order valence-corrected chi connectivity index (χ1v) is 5.97. The molecule has 0 spiro atoms. The van der Waals surface area contributed by atoms with E-state index in [4.69, 9.17) is 5.73 Å². The number of β-amino-alcohol motifs (C(OH)–C–C–N with tert-alkyl or cyclic N) is 1.